The third kappa shape index (κ3) is 3.90. The minimum atomic E-state index is -1.70. The fourth-order valence-electron chi connectivity index (χ4n) is 5.31. The van der Waals surface area contributed by atoms with Crippen LogP contribution in [0.15, 0.2) is 47.6 Å². The predicted octanol–water partition coefficient (Wildman–Crippen LogP) is 0.600. The second-order valence-electron chi connectivity index (χ2n) is 8.20. The fraction of sp³-hybridized carbons (Fsp3) is 0.600. The van der Waals surface area contributed by atoms with Crippen molar-refractivity contribution in [3.63, 3.8) is 0 Å². The Hall–Kier alpha value is 0.917. The Morgan fingerprint density at radius 2 is 1.68 bits per heavy atom. The molecule has 5 heteroatoms. The molecule has 0 aromatic carbocycles. The molecule has 0 N–H and O–H groups in total. The summed E-state index contributed by atoms with van der Waals surface area (Å²) in [7, 11) is -1.70. The van der Waals surface area contributed by atoms with E-state index in [2.05, 4.69) is 49.6 Å². The molecule has 0 saturated heterocycles. The van der Waals surface area contributed by atoms with Crippen LogP contribution in [0.3, 0.4) is 0 Å². The molecule has 0 amide bonds. The standard InChI is InChI=1S/C11H16ClSi.C9H11.2ClH.Hf/c1-13(2,12)11-8-7-9-5-3-4-6-10(9)11;1-2-5-9-7-3-6-8(9)4-1;;;/h3-4,6,9H,5,7-8H2,1-2H3;1-2,4,6,9H,3,5,7H2;2*1H;/q;;;;+2/p-2. The van der Waals surface area contributed by atoms with Crippen LogP contribution < -0.4 is 24.8 Å². The molecule has 0 aromatic rings. The summed E-state index contributed by atoms with van der Waals surface area (Å²) in [5, 5.41) is 0. The maximum atomic E-state index is 7.26. The van der Waals surface area contributed by atoms with Crippen LogP contribution in [0.4, 0.5) is 0 Å². The van der Waals surface area contributed by atoms with E-state index in [0.717, 1.165) is 15.5 Å². The normalized spacial score (nSPS) is 35.6. The number of rotatable bonds is 3. The van der Waals surface area contributed by atoms with E-state index in [1.807, 2.05) is 11.1 Å². The Bertz CT molecular complexity index is 617. The van der Waals surface area contributed by atoms with Gasteiger partial charge in [0.05, 0.1) is 0 Å². The fourth-order valence-corrected chi connectivity index (χ4v) is 22.2. The first kappa shape index (κ1) is 22.2. The molecule has 0 aromatic heterocycles. The molecule has 0 heterocycles. The van der Waals surface area contributed by atoms with Crippen molar-refractivity contribution in [2.24, 2.45) is 11.8 Å². The van der Waals surface area contributed by atoms with Crippen molar-refractivity contribution < 1.29 is 47.7 Å². The number of halogens is 3. The van der Waals surface area contributed by atoms with Crippen LogP contribution >= 0.6 is 11.1 Å². The zero-order chi connectivity index (χ0) is 16.1. The molecule has 0 nitrogen and oxygen atoms in total. The number of fused-ring (bicyclic) bond motifs is 2. The first-order chi connectivity index (χ1) is 11.0. The summed E-state index contributed by atoms with van der Waals surface area (Å²) in [6, 6.07) is 0. The minimum Gasteiger partial charge on any atom is -1.00 e. The summed E-state index contributed by atoms with van der Waals surface area (Å²) in [4.78, 5) is 0. The minimum absolute atomic E-state index is 0. The van der Waals surface area contributed by atoms with E-state index in [1.165, 1.54) is 38.5 Å². The third-order valence-corrected chi connectivity index (χ3v) is 26.9. The van der Waals surface area contributed by atoms with Gasteiger partial charge in [0.1, 0.15) is 0 Å². The summed E-state index contributed by atoms with van der Waals surface area (Å²) in [5.74, 6) is 1.71. The molecule has 0 aliphatic heterocycles. The number of hydrogen-bond donors (Lipinski definition) is 0. The van der Waals surface area contributed by atoms with Crippen LogP contribution in [0.2, 0.25) is 19.6 Å². The van der Waals surface area contributed by atoms with Crippen molar-refractivity contribution in [2.45, 2.75) is 58.1 Å². The summed E-state index contributed by atoms with van der Waals surface area (Å²) < 4.78 is 1.49. The molecule has 0 radical (unpaired) electrons. The second kappa shape index (κ2) is 8.51. The molecule has 4 unspecified atom stereocenters. The van der Waals surface area contributed by atoms with E-state index in [1.54, 1.807) is 0 Å². The van der Waals surface area contributed by atoms with Gasteiger partial charge in [0.25, 0.3) is 0 Å². The van der Waals surface area contributed by atoms with Crippen LogP contribution in [0.5, 0.6) is 0 Å². The Balaban J connectivity index is 0.00000113. The Labute approximate surface area is 182 Å². The summed E-state index contributed by atoms with van der Waals surface area (Å²) in [6.45, 7) is 4.90. The van der Waals surface area contributed by atoms with Gasteiger partial charge in [0, 0.05) is 0 Å². The Kier molecular flexibility index (Phi) is 7.56. The summed E-state index contributed by atoms with van der Waals surface area (Å²) >= 11 is 6.38. The molecule has 4 rings (SSSR count). The molecule has 2 saturated carbocycles. The average molecular weight is 580 g/mol. The van der Waals surface area contributed by atoms with Gasteiger partial charge in [0.15, 0.2) is 0 Å². The summed E-state index contributed by atoms with van der Waals surface area (Å²) in [5.41, 5.74) is 3.64. The van der Waals surface area contributed by atoms with Crippen LogP contribution in [0, 0.1) is 11.8 Å². The van der Waals surface area contributed by atoms with Crippen molar-refractivity contribution in [1.29, 1.82) is 0 Å². The van der Waals surface area contributed by atoms with Gasteiger partial charge >= 0.3 is 159 Å². The zero-order valence-corrected chi connectivity index (χ0v) is 21.9. The van der Waals surface area contributed by atoms with Gasteiger partial charge in [-0.05, 0) is 0 Å². The molecule has 25 heavy (non-hydrogen) atoms. The van der Waals surface area contributed by atoms with E-state index >= 15 is 0 Å². The molecule has 2 fully saturated rings. The van der Waals surface area contributed by atoms with Gasteiger partial charge < -0.3 is 24.8 Å². The van der Waals surface area contributed by atoms with Gasteiger partial charge in [0.2, 0.25) is 0 Å². The average Bonchev–Trinajstić information content (AvgIpc) is 3.11. The van der Waals surface area contributed by atoms with E-state index in [4.69, 9.17) is 11.1 Å². The van der Waals surface area contributed by atoms with Gasteiger partial charge in [-0.1, -0.05) is 0 Å². The quantitative estimate of drug-likeness (QED) is 0.339. The summed E-state index contributed by atoms with van der Waals surface area (Å²) in [6.07, 6.45) is 22.7. The van der Waals surface area contributed by atoms with Gasteiger partial charge in [-0.15, -0.1) is 0 Å². The van der Waals surface area contributed by atoms with Crippen molar-refractivity contribution in [2.75, 3.05) is 0 Å². The van der Waals surface area contributed by atoms with E-state index in [0.29, 0.717) is 2.79 Å². The number of allylic oxidation sites excluding steroid dienone is 8. The first-order valence-electron chi connectivity index (χ1n) is 9.22. The van der Waals surface area contributed by atoms with Crippen LogP contribution in [-0.4, -0.2) is 7.38 Å². The molecule has 136 valence electrons. The SMILES string of the molecule is C[Si](C)(Cl)[C]1([Hf+2][CH]2CCC3CC=CC=C32)CCC2CC=CC=C21.[Cl-].[Cl-]. The molecule has 0 spiro atoms. The Morgan fingerprint density at radius 1 is 1.00 bits per heavy atom. The third-order valence-electron chi connectivity index (χ3n) is 6.59. The van der Waals surface area contributed by atoms with E-state index in [-0.39, 0.29) is 24.8 Å². The van der Waals surface area contributed by atoms with Crippen molar-refractivity contribution >= 4 is 18.5 Å². The molecule has 4 aliphatic carbocycles. The van der Waals surface area contributed by atoms with Crippen molar-refractivity contribution in [1.82, 2.24) is 0 Å². The van der Waals surface area contributed by atoms with Crippen molar-refractivity contribution in [3.8, 4) is 0 Å². The van der Waals surface area contributed by atoms with Gasteiger partial charge in [-0.2, -0.15) is 0 Å². The topological polar surface area (TPSA) is 0 Å². The van der Waals surface area contributed by atoms with E-state index in [9.17, 15) is 0 Å². The monoisotopic (exact) mass is 580 g/mol. The van der Waals surface area contributed by atoms with Gasteiger partial charge in [-0.25, -0.2) is 0 Å². The largest absolute Gasteiger partial charge is 1.00 e. The molecular formula is C20H27Cl3HfSi. The first-order valence-corrected chi connectivity index (χ1v) is 17.1. The molecular weight excluding hydrogens is 553 g/mol. The smallest absolute Gasteiger partial charge is 1.00 e. The molecule has 0 bridgehead atoms. The zero-order valence-electron chi connectivity index (χ0n) is 15.1. The maximum absolute atomic E-state index is 7.26. The van der Waals surface area contributed by atoms with Gasteiger partial charge in [-0.3, -0.25) is 0 Å². The van der Waals surface area contributed by atoms with E-state index < -0.39 is 30.3 Å². The molecule has 4 aliphatic rings. The Morgan fingerprint density at radius 3 is 2.40 bits per heavy atom. The van der Waals surface area contributed by atoms with Crippen LogP contribution in [-0.2, 0) is 22.9 Å². The maximum Gasteiger partial charge on any atom is -1.00 e. The predicted molar refractivity (Wildman–Crippen MR) is 98.9 cm³/mol. The second-order valence-corrected chi connectivity index (χ2v) is 23.2. The van der Waals surface area contributed by atoms with Crippen molar-refractivity contribution in [3.05, 3.63) is 47.6 Å². The number of hydrogen-bond acceptors (Lipinski definition) is 0. The molecule has 4 atom stereocenters. The van der Waals surface area contributed by atoms with Crippen LogP contribution in [0.1, 0.15) is 38.5 Å². The van der Waals surface area contributed by atoms with Crippen LogP contribution in [0.25, 0.3) is 0 Å².